The lowest BCUT2D eigenvalue weighted by atomic mass is 10.3. The Bertz CT molecular complexity index is 130. The van der Waals surface area contributed by atoms with Crippen molar-refractivity contribution in [1.29, 1.82) is 0 Å². The molecule has 0 aromatic heterocycles. The monoisotopic (exact) mass is 170 g/mol. The molecule has 11 heavy (non-hydrogen) atoms. The lowest BCUT2D eigenvalue weighted by Gasteiger charge is -1.97. The van der Waals surface area contributed by atoms with Crippen LogP contribution >= 0.6 is 0 Å². The number of carboxylic acid groups (broad SMARTS) is 2. The Morgan fingerprint density at radius 3 is 1.64 bits per heavy atom. The van der Waals surface area contributed by atoms with Crippen LogP contribution in [0.5, 0.6) is 0 Å². The van der Waals surface area contributed by atoms with E-state index in [-0.39, 0.29) is 11.0 Å². The van der Waals surface area contributed by atoms with Gasteiger partial charge in [0.05, 0.1) is 6.42 Å². The number of aliphatic carboxylic acids is 2. The molecule has 0 aliphatic carbocycles. The highest BCUT2D eigenvalue weighted by atomic mass is 16.4. The van der Waals surface area contributed by atoms with E-state index < -0.39 is 24.5 Å². The van der Waals surface area contributed by atoms with Crippen LogP contribution in [0.1, 0.15) is 6.42 Å². The van der Waals surface area contributed by atoms with Gasteiger partial charge in [-0.25, -0.2) is 4.79 Å². The summed E-state index contributed by atoms with van der Waals surface area (Å²) in [6.07, 6.45) is -2.54. The maximum atomic E-state index is 9.72. The van der Waals surface area contributed by atoms with E-state index in [0.29, 0.717) is 0 Å². The molecule has 0 amide bonds. The molecule has 0 aromatic carbocycles. The molecule has 0 aromatic rings. The van der Waals surface area contributed by atoms with Crippen molar-refractivity contribution in [1.82, 2.24) is 0 Å². The van der Waals surface area contributed by atoms with E-state index in [2.05, 4.69) is 0 Å². The number of carboxylic acids is 2. The van der Waals surface area contributed by atoms with E-state index in [4.69, 9.17) is 15.3 Å². The van der Waals surface area contributed by atoms with Gasteiger partial charge in [0.15, 0.2) is 6.10 Å². The van der Waals surface area contributed by atoms with Gasteiger partial charge in [0.25, 0.3) is 0 Å². The van der Waals surface area contributed by atoms with Crippen LogP contribution in [0.15, 0.2) is 0 Å². The zero-order valence-electron chi connectivity index (χ0n) is 5.44. The molecule has 0 rings (SSSR count). The minimum atomic E-state index is -1.79. The summed E-state index contributed by atoms with van der Waals surface area (Å²) in [5.74, 6) is -2.85. The molecule has 0 aliphatic heterocycles. The average Bonchev–Trinajstić information content (AvgIpc) is 1.63. The van der Waals surface area contributed by atoms with Gasteiger partial charge < -0.3 is 26.3 Å². The molecule has 0 fully saturated rings. The maximum absolute atomic E-state index is 9.72. The summed E-state index contributed by atoms with van der Waals surface area (Å²) in [7, 11) is 0. The van der Waals surface area contributed by atoms with Gasteiger partial charge >= 0.3 is 11.9 Å². The zero-order valence-corrected chi connectivity index (χ0v) is 5.44. The summed E-state index contributed by atoms with van der Waals surface area (Å²) < 4.78 is 0. The Labute approximate surface area is 61.5 Å². The molecule has 1 atom stereocenters. The Morgan fingerprint density at radius 2 is 1.55 bits per heavy atom. The van der Waals surface area contributed by atoms with Crippen molar-refractivity contribution < 1.29 is 35.9 Å². The Morgan fingerprint density at radius 1 is 1.18 bits per heavy atom. The summed E-state index contributed by atoms with van der Waals surface area (Å²) in [6.45, 7) is 0. The third-order valence-electron chi connectivity index (χ3n) is 0.653. The molecule has 0 heterocycles. The highest BCUT2D eigenvalue weighted by Crippen LogP contribution is 1.89. The van der Waals surface area contributed by atoms with Crippen molar-refractivity contribution in [3.8, 4) is 0 Å². The second kappa shape index (κ2) is 6.93. The summed E-state index contributed by atoms with van der Waals surface area (Å²) in [5.41, 5.74) is 0. The second-order valence-corrected chi connectivity index (χ2v) is 1.45. The van der Waals surface area contributed by atoms with Crippen molar-refractivity contribution in [2.45, 2.75) is 12.5 Å². The predicted molar refractivity (Wildman–Crippen MR) is 33.1 cm³/mol. The minimum Gasteiger partial charge on any atom is -0.481 e. The topological polar surface area (TPSA) is 158 Å². The molecular formula is C4H10O7. The normalized spacial score (nSPS) is 10.3. The van der Waals surface area contributed by atoms with Crippen LogP contribution in [0, 0.1) is 0 Å². The molecule has 0 saturated heterocycles. The van der Waals surface area contributed by atoms with Crippen molar-refractivity contribution in [3.63, 3.8) is 0 Å². The van der Waals surface area contributed by atoms with Gasteiger partial charge in [-0.2, -0.15) is 0 Å². The Kier molecular flexibility index (Phi) is 10.4. The van der Waals surface area contributed by atoms with Crippen molar-refractivity contribution >= 4 is 11.9 Å². The molecule has 68 valence electrons. The fourth-order valence-corrected chi connectivity index (χ4v) is 0.253. The number of hydrogen-bond acceptors (Lipinski definition) is 3. The molecule has 0 bridgehead atoms. The number of carbonyl (C=O) groups is 2. The second-order valence-electron chi connectivity index (χ2n) is 1.45. The largest absolute Gasteiger partial charge is 0.481 e. The molecule has 0 spiro atoms. The highest BCUT2D eigenvalue weighted by Gasteiger charge is 2.16. The van der Waals surface area contributed by atoms with Crippen molar-refractivity contribution in [2.75, 3.05) is 0 Å². The van der Waals surface area contributed by atoms with E-state index >= 15 is 0 Å². The first-order chi connectivity index (χ1) is 4.04. The molecule has 7 N–H and O–H groups in total. The van der Waals surface area contributed by atoms with Crippen LogP contribution in [0.4, 0.5) is 0 Å². The fourth-order valence-electron chi connectivity index (χ4n) is 0.253. The molecule has 0 saturated carbocycles. The van der Waals surface area contributed by atoms with Crippen molar-refractivity contribution in [3.05, 3.63) is 0 Å². The van der Waals surface area contributed by atoms with Gasteiger partial charge in [0.1, 0.15) is 0 Å². The highest BCUT2D eigenvalue weighted by molar-refractivity contribution is 5.79. The van der Waals surface area contributed by atoms with Gasteiger partial charge in [0, 0.05) is 0 Å². The summed E-state index contributed by atoms with van der Waals surface area (Å²) in [4.78, 5) is 19.4. The first kappa shape index (κ1) is 16.4. The van der Waals surface area contributed by atoms with Gasteiger partial charge in [0.2, 0.25) is 0 Å². The van der Waals surface area contributed by atoms with E-state index in [1.165, 1.54) is 0 Å². The van der Waals surface area contributed by atoms with E-state index in [1.807, 2.05) is 0 Å². The Balaban J connectivity index is -0.000000320. The van der Waals surface area contributed by atoms with Crippen molar-refractivity contribution in [2.24, 2.45) is 0 Å². The van der Waals surface area contributed by atoms with Crippen LogP contribution in [0.2, 0.25) is 0 Å². The maximum Gasteiger partial charge on any atom is 0.333 e. The molecule has 7 nitrogen and oxygen atoms in total. The number of aliphatic hydroxyl groups excluding tert-OH is 1. The van der Waals surface area contributed by atoms with E-state index in [9.17, 15) is 9.59 Å². The summed E-state index contributed by atoms with van der Waals surface area (Å²) in [6, 6.07) is 0. The molecule has 7 heteroatoms. The van der Waals surface area contributed by atoms with Gasteiger partial charge in [-0.05, 0) is 0 Å². The Hall–Kier alpha value is -1.18. The van der Waals surface area contributed by atoms with Crippen LogP contribution in [-0.4, -0.2) is 44.3 Å². The average molecular weight is 170 g/mol. The minimum absolute atomic E-state index is 0. The van der Waals surface area contributed by atoms with Gasteiger partial charge in [-0.15, -0.1) is 0 Å². The lowest BCUT2D eigenvalue weighted by Crippen LogP contribution is -2.22. The summed E-state index contributed by atoms with van der Waals surface area (Å²) >= 11 is 0. The third kappa shape index (κ3) is 8.82. The number of rotatable bonds is 3. The molecule has 0 aliphatic rings. The standard InChI is InChI=1S/C4H6O5.2H2O/c5-2(4(8)9)1-3(6)7;;/h2,5H,1H2,(H,6,7)(H,8,9);2*1H2. The van der Waals surface area contributed by atoms with E-state index in [0.717, 1.165) is 0 Å². The van der Waals surface area contributed by atoms with E-state index in [1.54, 1.807) is 0 Å². The molecule has 1 unspecified atom stereocenters. The summed E-state index contributed by atoms with van der Waals surface area (Å²) in [5, 5.41) is 24.1. The van der Waals surface area contributed by atoms with Crippen LogP contribution in [0.3, 0.4) is 0 Å². The zero-order chi connectivity index (χ0) is 7.44. The van der Waals surface area contributed by atoms with Gasteiger partial charge in [-0.1, -0.05) is 0 Å². The molecular weight excluding hydrogens is 160 g/mol. The predicted octanol–water partition coefficient (Wildman–Crippen LogP) is -2.74. The SMILES string of the molecule is O.O.O=C(O)CC(O)C(=O)O. The third-order valence-corrected chi connectivity index (χ3v) is 0.653. The van der Waals surface area contributed by atoms with Gasteiger partial charge in [-0.3, -0.25) is 4.79 Å². The van der Waals surface area contributed by atoms with Crippen LogP contribution in [-0.2, 0) is 9.59 Å². The first-order valence-corrected chi connectivity index (χ1v) is 2.16. The van der Waals surface area contributed by atoms with Crippen LogP contribution < -0.4 is 0 Å². The first-order valence-electron chi connectivity index (χ1n) is 2.16. The quantitative estimate of drug-likeness (QED) is 0.418. The fraction of sp³-hybridized carbons (Fsp3) is 0.500. The number of hydrogen-bond donors (Lipinski definition) is 3. The lowest BCUT2D eigenvalue weighted by molar-refractivity contribution is -0.152. The van der Waals surface area contributed by atoms with Crippen LogP contribution in [0.25, 0.3) is 0 Å². The molecule has 0 radical (unpaired) electrons. The smallest absolute Gasteiger partial charge is 0.333 e. The number of aliphatic hydroxyl groups is 1.